The van der Waals surface area contributed by atoms with Gasteiger partial charge < -0.3 is 31.1 Å². The maximum Gasteiger partial charge on any atom is 0.315 e. The molecule has 3 atom stereocenters. The first kappa shape index (κ1) is 35.3. The number of rotatable bonds is 11. The molecule has 0 spiro atoms. The zero-order valence-corrected chi connectivity index (χ0v) is 28.9. The Kier molecular flexibility index (Phi) is 11.1. The van der Waals surface area contributed by atoms with E-state index in [2.05, 4.69) is 31.3 Å². The molecular weight excluding hydrogens is 615 g/mol. The smallest absolute Gasteiger partial charge is 0.315 e. The van der Waals surface area contributed by atoms with E-state index < -0.39 is 41.2 Å². The van der Waals surface area contributed by atoms with Crippen molar-refractivity contribution in [1.29, 1.82) is 0 Å². The lowest BCUT2D eigenvalue weighted by molar-refractivity contribution is -0.135. The fourth-order valence-electron chi connectivity index (χ4n) is 6.81. The number of aromatic nitrogens is 2. The molecule has 262 valence electrons. The molecule has 3 aliphatic rings. The van der Waals surface area contributed by atoms with E-state index in [4.69, 9.17) is 0 Å². The van der Waals surface area contributed by atoms with E-state index in [9.17, 15) is 19.2 Å². The summed E-state index contributed by atoms with van der Waals surface area (Å²) in [5, 5.41) is 15.8. The fraction of sp³-hybridized carbons (Fsp3) is 0.629. The summed E-state index contributed by atoms with van der Waals surface area (Å²) in [6, 6.07) is 4.83. The Labute approximate surface area is 282 Å². The van der Waals surface area contributed by atoms with Crippen molar-refractivity contribution >= 4 is 29.4 Å². The van der Waals surface area contributed by atoms with E-state index in [1.165, 1.54) is 12.1 Å². The van der Waals surface area contributed by atoms with Crippen molar-refractivity contribution in [1.82, 2.24) is 35.5 Å². The van der Waals surface area contributed by atoms with Crippen LogP contribution in [0.1, 0.15) is 101 Å². The van der Waals surface area contributed by atoms with Gasteiger partial charge in [-0.15, -0.1) is 0 Å². The van der Waals surface area contributed by atoms with Crippen LogP contribution in [0.15, 0.2) is 30.5 Å². The molecule has 13 heteroatoms. The summed E-state index contributed by atoms with van der Waals surface area (Å²) in [6.45, 7) is 9.90. The predicted octanol–water partition coefficient (Wildman–Crippen LogP) is 4.02. The van der Waals surface area contributed by atoms with Crippen molar-refractivity contribution in [2.75, 3.05) is 38.5 Å². The largest absolute Gasteiger partial charge is 0.338 e. The number of likely N-dealkylation sites (N-methyl/N-ethyl adjacent to an activating group) is 1. The molecule has 0 radical (unpaired) electrons. The van der Waals surface area contributed by atoms with Gasteiger partial charge in [0.05, 0.1) is 5.69 Å². The molecule has 1 aliphatic heterocycles. The Bertz CT molecular complexity index is 1480. The van der Waals surface area contributed by atoms with Crippen molar-refractivity contribution in [2.24, 2.45) is 5.92 Å². The van der Waals surface area contributed by atoms with E-state index in [1.807, 2.05) is 20.9 Å². The van der Waals surface area contributed by atoms with Crippen LogP contribution in [-0.4, -0.2) is 94.2 Å². The predicted molar refractivity (Wildman–Crippen MR) is 181 cm³/mol. The van der Waals surface area contributed by atoms with Crippen LogP contribution in [0.25, 0.3) is 0 Å². The first-order chi connectivity index (χ1) is 22.9. The van der Waals surface area contributed by atoms with Gasteiger partial charge in [0.15, 0.2) is 0 Å². The number of hydrogen-bond donors (Lipinski definition) is 4. The summed E-state index contributed by atoms with van der Waals surface area (Å²) in [6.07, 6.45) is 7.83. The highest BCUT2D eigenvalue weighted by molar-refractivity contribution is 6.03. The molecule has 5 amide bonds. The summed E-state index contributed by atoms with van der Waals surface area (Å²) in [7, 11) is 2.00. The van der Waals surface area contributed by atoms with Crippen molar-refractivity contribution in [3.05, 3.63) is 47.5 Å². The number of nitrogens with zero attached hydrogens (tertiary/aromatic N) is 4. The molecule has 2 aliphatic carbocycles. The number of hydrogen-bond acceptors (Lipinski definition) is 6. The Morgan fingerprint density at radius 2 is 1.65 bits per heavy atom. The third-order valence-electron chi connectivity index (χ3n) is 10.2. The molecule has 2 saturated carbocycles. The molecule has 3 fully saturated rings. The summed E-state index contributed by atoms with van der Waals surface area (Å²) in [5.74, 6) is -2.49. The van der Waals surface area contributed by atoms with Gasteiger partial charge in [0, 0.05) is 50.4 Å². The quantitative estimate of drug-likeness (QED) is 0.286. The maximum absolute atomic E-state index is 15.8. The Hall–Kier alpha value is -4.00. The van der Waals surface area contributed by atoms with Gasteiger partial charge in [-0.25, -0.2) is 9.18 Å². The second-order valence-corrected chi connectivity index (χ2v) is 14.2. The zero-order chi connectivity index (χ0) is 34.6. The van der Waals surface area contributed by atoms with Gasteiger partial charge in [0.1, 0.15) is 23.1 Å². The highest BCUT2D eigenvalue weighted by Gasteiger charge is 2.44. The van der Waals surface area contributed by atoms with Gasteiger partial charge >= 0.3 is 6.03 Å². The Morgan fingerprint density at radius 1 is 0.958 bits per heavy atom. The van der Waals surface area contributed by atoms with Crippen molar-refractivity contribution < 1.29 is 23.6 Å². The van der Waals surface area contributed by atoms with Crippen LogP contribution in [0.5, 0.6) is 0 Å². The van der Waals surface area contributed by atoms with Crippen LogP contribution >= 0.6 is 0 Å². The lowest BCUT2D eigenvalue weighted by atomic mass is 9.75. The molecule has 48 heavy (non-hydrogen) atoms. The molecule has 1 aromatic heterocycles. The van der Waals surface area contributed by atoms with Gasteiger partial charge in [0.2, 0.25) is 11.8 Å². The summed E-state index contributed by atoms with van der Waals surface area (Å²) < 4.78 is 17.4. The Morgan fingerprint density at radius 3 is 2.27 bits per heavy atom. The molecule has 2 aromatic rings. The van der Waals surface area contributed by atoms with E-state index in [-0.39, 0.29) is 29.6 Å². The van der Waals surface area contributed by atoms with Gasteiger partial charge in [0.25, 0.3) is 5.91 Å². The van der Waals surface area contributed by atoms with Crippen molar-refractivity contribution in [3.8, 4) is 0 Å². The van der Waals surface area contributed by atoms with Gasteiger partial charge in [-0.05, 0) is 83.2 Å². The second-order valence-electron chi connectivity index (χ2n) is 14.2. The van der Waals surface area contributed by atoms with E-state index in [0.717, 1.165) is 58.0 Å². The van der Waals surface area contributed by atoms with Crippen LogP contribution in [0, 0.1) is 11.7 Å². The topological polar surface area (TPSA) is 141 Å². The van der Waals surface area contributed by atoms with Gasteiger partial charge in [-0.2, -0.15) is 5.10 Å². The maximum atomic E-state index is 15.8. The number of carbonyl (C=O) groups excluding carboxylic acids is 4. The van der Waals surface area contributed by atoms with Crippen molar-refractivity contribution in [3.63, 3.8) is 0 Å². The Balaban J connectivity index is 1.34. The molecule has 2 heterocycles. The zero-order valence-electron chi connectivity index (χ0n) is 28.9. The molecule has 1 saturated heterocycles. The number of halogens is 1. The normalized spacial score (nSPS) is 20.0. The van der Waals surface area contributed by atoms with Gasteiger partial charge in [-0.1, -0.05) is 32.3 Å². The van der Waals surface area contributed by atoms with E-state index in [1.54, 1.807) is 41.8 Å². The lowest BCUT2D eigenvalue weighted by Crippen LogP contribution is -2.60. The lowest BCUT2D eigenvalue weighted by Gasteiger charge is -2.39. The number of amides is 5. The van der Waals surface area contributed by atoms with Crippen molar-refractivity contribution in [2.45, 2.75) is 102 Å². The SMILES string of the molecule is CC(C)n1nccc1C(=O)N[C@@](C)(C(=O)Nc1ccc([C@H](C)[C@@H](NC(=O)NC2CC2)C(=O)N2CCN(C)CC2)cc1F)C1CCCCC1. The number of carbonyl (C=O) groups is 4. The number of piperazine rings is 1. The molecule has 4 N–H and O–H groups in total. The minimum absolute atomic E-state index is 0.0270. The molecule has 5 rings (SSSR count). The third-order valence-corrected chi connectivity index (χ3v) is 10.2. The van der Waals surface area contributed by atoms with Crippen LogP contribution in [0.4, 0.5) is 14.9 Å². The highest BCUT2D eigenvalue weighted by Crippen LogP contribution is 2.35. The number of anilines is 1. The highest BCUT2D eigenvalue weighted by atomic mass is 19.1. The average molecular weight is 667 g/mol. The molecule has 12 nitrogen and oxygen atoms in total. The first-order valence-electron chi connectivity index (χ1n) is 17.4. The summed E-state index contributed by atoms with van der Waals surface area (Å²) in [5.41, 5.74) is -0.471. The fourth-order valence-corrected chi connectivity index (χ4v) is 6.81. The first-order valence-corrected chi connectivity index (χ1v) is 17.4. The third kappa shape index (κ3) is 8.16. The van der Waals surface area contributed by atoms with Crippen LogP contribution in [0.3, 0.4) is 0 Å². The van der Waals surface area contributed by atoms with E-state index in [0.29, 0.717) is 24.3 Å². The monoisotopic (exact) mass is 666 g/mol. The van der Waals surface area contributed by atoms with Crippen LogP contribution in [0.2, 0.25) is 0 Å². The number of urea groups is 1. The standard InChI is InChI=1S/C35H51FN8O4/c1-22(2)44-29(15-16-37-44)31(45)41-35(4,25-9-7-6-8-10-25)33(47)39-28-14-11-24(21-27(28)36)23(3)30(40-34(48)38-26-12-13-26)32(46)43-19-17-42(5)18-20-43/h11,14-16,21-23,25-26,30H,6-10,12-13,17-20H2,1-5H3,(H,39,47)(H,41,45)(H2,38,40,48)/t23-,30+,35+/m0/s1. The van der Waals surface area contributed by atoms with E-state index >= 15 is 4.39 Å². The average Bonchev–Trinajstić information content (AvgIpc) is 3.73. The second kappa shape index (κ2) is 15.0. The van der Waals surface area contributed by atoms with Crippen LogP contribution in [-0.2, 0) is 9.59 Å². The number of nitrogens with one attached hydrogen (secondary N) is 4. The van der Waals surface area contributed by atoms with Crippen LogP contribution < -0.4 is 21.3 Å². The summed E-state index contributed by atoms with van der Waals surface area (Å²) >= 11 is 0. The molecule has 1 aromatic carbocycles. The minimum atomic E-state index is -1.30. The minimum Gasteiger partial charge on any atom is -0.338 e. The molecular formula is C35H51FN8O4. The molecule has 0 bridgehead atoms. The number of benzene rings is 1. The molecule has 0 unspecified atom stereocenters. The van der Waals surface area contributed by atoms with Gasteiger partial charge in [-0.3, -0.25) is 19.1 Å². The summed E-state index contributed by atoms with van der Waals surface area (Å²) in [4.78, 5) is 57.9.